The van der Waals surface area contributed by atoms with Crippen molar-refractivity contribution in [1.82, 2.24) is 4.98 Å². The fourth-order valence-electron chi connectivity index (χ4n) is 2.78. The summed E-state index contributed by atoms with van der Waals surface area (Å²) in [6, 6.07) is 2.69. The molecule has 8 heteroatoms. The SMILES string of the molecule is CCc1cnccc1C(=O)Cc1cc2c(cc1O)C(F)(F)OC2(F)F. The van der Waals surface area contributed by atoms with Gasteiger partial charge >= 0.3 is 12.2 Å². The van der Waals surface area contributed by atoms with Crippen LogP contribution < -0.4 is 0 Å². The Morgan fingerprint density at radius 3 is 2.44 bits per heavy atom. The Balaban J connectivity index is 1.99. The van der Waals surface area contributed by atoms with Crippen LogP contribution in [0.15, 0.2) is 30.6 Å². The minimum atomic E-state index is -4.21. The zero-order chi connectivity index (χ0) is 18.4. The van der Waals surface area contributed by atoms with Crippen LogP contribution in [0.1, 0.15) is 39.5 Å². The lowest BCUT2D eigenvalue weighted by Gasteiger charge is -2.11. The number of hydrogen-bond acceptors (Lipinski definition) is 4. The Morgan fingerprint density at radius 2 is 1.80 bits per heavy atom. The molecule has 132 valence electrons. The largest absolute Gasteiger partial charge is 0.508 e. The van der Waals surface area contributed by atoms with Crippen LogP contribution >= 0.6 is 0 Å². The number of benzene rings is 1. The van der Waals surface area contributed by atoms with Crippen LogP contribution in [-0.4, -0.2) is 15.9 Å². The van der Waals surface area contributed by atoms with Gasteiger partial charge in [0.25, 0.3) is 0 Å². The average Bonchev–Trinajstić information content (AvgIpc) is 2.72. The number of alkyl halides is 4. The smallest absolute Gasteiger partial charge is 0.388 e. The summed E-state index contributed by atoms with van der Waals surface area (Å²) in [6.07, 6.45) is -5.37. The number of nitrogens with zero attached hydrogens (tertiary/aromatic N) is 1. The maximum absolute atomic E-state index is 13.6. The summed E-state index contributed by atoms with van der Waals surface area (Å²) >= 11 is 0. The van der Waals surface area contributed by atoms with Crippen molar-refractivity contribution in [2.45, 2.75) is 32.0 Å². The molecule has 2 heterocycles. The molecule has 0 saturated carbocycles. The van der Waals surface area contributed by atoms with E-state index in [4.69, 9.17) is 0 Å². The molecule has 3 rings (SSSR count). The Kier molecular flexibility index (Phi) is 4.03. The first-order valence-electron chi connectivity index (χ1n) is 7.44. The number of aromatic nitrogens is 1. The number of carbonyl (C=O) groups is 1. The molecule has 1 N–H and O–H groups in total. The van der Waals surface area contributed by atoms with Crippen molar-refractivity contribution in [2.24, 2.45) is 0 Å². The third kappa shape index (κ3) is 2.97. The third-order valence-corrected chi connectivity index (χ3v) is 4.04. The molecular weight excluding hydrogens is 342 g/mol. The van der Waals surface area contributed by atoms with Crippen molar-refractivity contribution in [2.75, 3.05) is 0 Å². The van der Waals surface area contributed by atoms with Crippen molar-refractivity contribution >= 4 is 5.78 Å². The number of phenols is 1. The summed E-state index contributed by atoms with van der Waals surface area (Å²) in [6.45, 7) is 1.82. The molecule has 1 aromatic carbocycles. The van der Waals surface area contributed by atoms with Crippen LogP contribution in [0.2, 0.25) is 0 Å². The van der Waals surface area contributed by atoms with Crippen LogP contribution in [0.5, 0.6) is 5.75 Å². The lowest BCUT2D eigenvalue weighted by atomic mass is 9.95. The molecule has 0 fully saturated rings. The van der Waals surface area contributed by atoms with Crippen molar-refractivity contribution in [3.05, 3.63) is 58.4 Å². The average molecular weight is 355 g/mol. The molecule has 0 bridgehead atoms. The Hall–Kier alpha value is -2.48. The van der Waals surface area contributed by atoms with Gasteiger partial charge in [-0.15, -0.1) is 0 Å². The Labute approximate surface area is 140 Å². The monoisotopic (exact) mass is 355 g/mol. The molecule has 0 radical (unpaired) electrons. The highest BCUT2D eigenvalue weighted by Crippen LogP contribution is 2.52. The zero-order valence-electron chi connectivity index (χ0n) is 13.0. The quantitative estimate of drug-likeness (QED) is 0.667. The highest BCUT2D eigenvalue weighted by atomic mass is 19.3. The van der Waals surface area contributed by atoms with E-state index in [1.54, 1.807) is 0 Å². The van der Waals surface area contributed by atoms with E-state index in [1.807, 2.05) is 6.92 Å². The number of carbonyl (C=O) groups excluding carboxylic acids is 1. The number of phenolic OH excluding ortho intramolecular Hbond substituents is 1. The van der Waals surface area contributed by atoms with E-state index >= 15 is 0 Å². The van der Waals surface area contributed by atoms with Crippen LogP contribution in [0, 0.1) is 0 Å². The number of ether oxygens (including phenoxy) is 1. The predicted octanol–water partition coefficient (Wildman–Crippen LogP) is 3.90. The molecule has 0 atom stereocenters. The number of rotatable bonds is 4. The summed E-state index contributed by atoms with van der Waals surface area (Å²) in [5.74, 6) is -1.11. The van der Waals surface area contributed by atoms with Crippen LogP contribution in [-0.2, 0) is 29.8 Å². The Morgan fingerprint density at radius 1 is 1.16 bits per heavy atom. The molecule has 1 aliphatic rings. The summed E-state index contributed by atoms with van der Waals surface area (Å²) in [7, 11) is 0. The molecule has 0 saturated heterocycles. The maximum atomic E-state index is 13.6. The number of Topliss-reactive ketones (excluding diaryl/α,β-unsaturated/α-hetero) is 1. The number of halogens is 4. The number of aryl methyl sites for hydroxylation is 1. The third-order valence-electron chi connectivity index (χ3n) is 4.04. The van der Waals surface area contributed by atoms with Gasteiger partial charge in [-0.25, -0.2) is 4.74 Å². The van der Waals surface area contributed by atoms with Gasteiger partial charge in [0.15, 0.2) is 5.78 Å². The van der Waals surface area contributed by atoms with Crippen molar-refractivity contribution in [3.63, 3.8) is 0 Å². The second kappa shape index (κ2) is 5.80. The maximum Gasteiger partial charge on any atom is 0.388 e. The van der Waals surface area contributed by atoms with E-state index in [-0.39, 0.29) is 5.56 Å². The van der Waals surface area contributed by atoms with E-state index in [0.717, 1.165) is 0 Å². The topological polar surface area (TPSA) is 59.4 Å². The summed E-state index contributed by atoms with van der Waals surface area (Å²) in [4.78, 5) is 16.3. The molecule has 0 amide bonds. The van der Waals surface area contributed by atoms with Gasteiger partial charge in [0.2, 0.25) is 0 Å². The van der Waals surface area contributed by atoms with Crippen LogP contribution in [0.4, 0.5) is 17.6 Å². The molecule has 0 aliphatic carbocycles. The molecule has 4 nitrogen and oxygen atoms in total. The molecule has 0 unspecified atom stereocenters. The van der Waals surface area contributed by atoms with Gasteiger partial charge in [-0.3, -0.25) is 9.78 Å². The summed E-state index contributed by atoms with van der Waals surface area (Å²) < 4.78 is 57.7. The van der Waals surface area contributed by atoms with Crippen molar-refractivity contribution in [1.29, 1.82) is 0 Å². The van der Waals surface area contributed by atoms with Gasteiger partial charge in [-0.05, 0) is 30.2 Å². The number of fused-ring (bicyclic) bond motifs is 1. The lowest BCUT2D eigenvalue weighted by Crippen LogP contribution is -2.17. The first-order chi connectivity index (χ1) is 11.7. The number of aromatic hydroxyl groups is 1. The first kappa shape index (κ1) is 17.3. The normalized spacial score (nSPS) is 17.3. The minimum Gasteiger partial charge on any atom is -0.508 e. The molecule has 0 spiro atoms. The molecule has 2 aromatic rings. The van der Waals surface area contributed by atoms with Gasteiger partial charge in [-0.1, -0.05) is 6.92 Å². The second-order valence-electron chi connectivity index (χ2n) is 5.65. The number of hydrogen-bond donors (Lipinski definition) is 1. The summed E-state index contributed by atoms with van der Waals surface area (Å²) in [5.41, 5.74) is -1.34. The van der Waals surface area contributed by atoms with Crippen LogP contribution in [0.3, 0.4) is 0 Å². The van der Waals surface area contributed by atoms with E-state index in [9.17, 15) is 27.5 Å². The van der Waals surface area contributed by atoms with E-state index in [1.165, 1.54) is 18.5 Å². The van der Waals surface area contributed by atoms with Crippen molar-refractivity contribution < 1.29 is 32.2 Å². The summed E-state index contributed by atoms with van der Waals surface area (Å²) in [5, 5.41) is 9.90. The van der Waals surface area contributed by atoms with Gasteiger partial charge < -0.3 is 5.11 Å². The molecule has 1 aliphatic heterocycles. The minimum absolute atomic E-state index is 0.177. The van der Waals surface area contributed by atoms with Crippen LogP contribution in [0.25, 0.3) is 0 Å². The van der Waals surface area contributed by atoms with Gasteiger partial charge in [0.1, 0.15) is 5.75 Å². The van der Waals surface area contributed by atoms with Crippen molar-refractivity contribution in [3.8, 4) is 5.75 Å². The Bertz CT molecular complexity index is 852. The molecular formula is C17H13F4NO3. The number of pyridine rings is 1. The predicted molar refractivity (Wildman–Crippen MR) is 78.6 cm³/mol. The van der Waals surface area contributed by atoms with E-state index < -0.39 is 41.3 Å². The standard InChI is InChI=1S/C17H13F4NO3/c1-2-9-8-22-4-3-11(9)15(24)6-10-5-12-13(7-14(10)23)17(20,21)25-16(12,18)19/h3-5,7-8,23H,2,6H2,1H3. The lowest BCUT2D eigenvalue weighted by molar-refractivity contribution is -0.369. The molecule has 1 aromatic heterocycles. The zero-order valence-corrected chi connectivity index (χ0v) is 13.0. The fourth-order valence-corrected chi connectivity index (χ4v) is 2.78. The van der Waals surface area contributed by atoms with Gasteiger partial charge in [-0.2, -0.15) is 17.6 Å². The van der Waals surface area contributed by atoms with Gasteiger partial charge in [0, 0.05) is 29.9 Å². The molecule has 25 heavy (non-hydrogen) atoms. The highest BCUT2D eigenvalue weighted by Gasteiger charge is 2.57. The van der Waals surface area contributed by atoms with E-state index in [2.05, 4.69) is 9.72 Å². The van der Waals surface area contributed by atoms with E-state index in [0.29, 0.717) is 29.7 Å². The van der Waals surface area contributed by atoms with Gasteiger partial charge in [0.05, 0.1) is 11.1 Å². The highest BCUT2D eigenvalue weighted by molar-refractivity contribution is 5.99. The fraction of sp³-hybridized carbons (Fsp3) is 0.294. The first-order valence-corrected chi connectivity index (χ1v) is 7.44. The number of ketones is 1. The second-order valence-corrected chi connectivity index (χ2v) is 5.65.